The first-order valence-corrected chi connectivity index (χ1v) is 11.8. The van der Waals surface area contributed by atoms with Crippen LogP contribution in [0.15, 0.2) is 30.3 Å². The van der Waals surface area contributed by atoms with Gasteiger partial charge in [0.2, 0.25) is 0 Å². The monoisotopic (exact) mass is 460 g/mol. The predicted octanol–water partition coefficient (Wildman–Crippen LogP) is 4.02. The lowest BCUT2D eigenvalue weighted by molar-refractivity contribution is 0.103. The smallest absolute Gasteiger partial charge is 0.195 e. The summed E-state index contributed by atoms with van der Waals surface area (Å²) in [6, 6.07) is 11.4. The number of hydrogen-bond donors (Lipinski definition) is 3. The number of ketones is 1. The van der Waals surface area contributed by atoms with Crippen molar-refractivity contribution in [2.75, 3.05) is 31.0 Å². The Labute approximate surface area is 206 Å². The minimum absolute atomic E-state index is 0.0186. The van der Waals surface area contributed by atoms with Gasteiger partial charge < -0.3 is 20.3 Å². The first-order chi connectivity index (χ1) is 17.8. The minimum Gasteiger partial charge on any atom is -0.395 e. The summed E-state index contributed by atoms with van der Waals surface area (Å²) in [4.78, 5) is 19.5. The first kappa shape index (κ1) is 18.2. The van der Waals surface area contributed by atoms with E-state index in [1.807, 2.05) is 12.1 Å². The van der Waals surface area contributed by atoms with Crippen molar-refractivity contribution in [3.8, 4) is 6.07 Å². The van der Waals surface area contributed by atoms with Crippen molar-refractivity contribution < 1.29 is 15.4 Å². The lowest BCUT2D eigenvalue weighted by Crippen LogP contribution is -2.43. The van der Waals surface area contributed by atoms with Crippen LogP contribution in [0.25, 0.3) is 10.9 Å². The Morgan fingerprint density at radius 3 is 2.74 bits per heavy atom. The number of H-pyrrole nitrogens is 1. The van der Waals surface area contributed by atoms with Crippen molar-refractivity contribution in [1.29, 1.82) is 5.26 Å². The summed E-state index contributed by atoms with van der Waals surface area (Å²) in [6.07, 6.45) is 1.92. The Morgan fingerprint density at radius 1 is 1.29 bits per heavy atom. The number of carbonyl (C=O) groups is 1. The molecule has 0 atom stereocenters. The molecule has 0 bridgehead atoms. The number of nitrogens with zero attached hydrogens (tertiary/aromatic N) is 2. The molecule has 2 aromatic carbocycles. The summed E-state index contributed by atoms with van der Waals surface area (Å²) >= 11 is 0. The molecule has 3 N–H and O–H groups in total. The van der Waals surface area contributed by atoms with Crippen LogP contribution in [0, 0.1) is 11.3 Å². The lowest BCUT2D eigenvalue weighted by atomic mass is 9.70. The van der Waals surface area contributed by atoms with E-state index >= 15 is 0 Å². The van der Waals surface area contributed by atoms with Crippen LogP contribution < -0.4 is 10.2 Å². The molecule has 3 aromatic rings. The van der Waals surface area contributed by atoms with Gasteiger partial charge in [-0.1, -0.05) is 26.8 Å². The molecule has 2 aliphatic rings. The van der Waals surface area contributed by atoms with Gasteiger partial charge in [-0.2, -0.15) is 5.26 Å². The largest absolute Gasteiger partial charge is 0.395 e. The molecule has 0 saturated carbocycles. The van der Waals surface area contributed by atoms with Crippen molar-refractivity contribution in [3.63, 3.8) is 0 Å². The molecule has 0 radical (unpaired) electrons. The van der Waals surface area contributed by atoms with Crippen molar-refractivity contribution in [2.24, 2.45) is 0 Å². The van der Waals surface area contributed by atoms with Crippen LogP contribution in [-0.4, -0.2) is 48.1 Å². The van der Waals surface area contributed by atoms with Crippen LogP contribution in [0.3, 0.4) is 0 Å². The summed E-state index contributed by atoms with van der Waals surface area (Å²) in [6.45, 7) is 2.02. The van der Waals surface area contributed by atoms with E-state index in [9.17, 15) is 15.2 Å². The minimum atomic E-state index is -2.98. The van der Waals surface area contributed by atoms with E-state index in [1.165, 1.54) is 0 Å². The fourth-order valence-electron chi connectivity index (χ4n) is 5.56. The zero-order valence-corrected chi connectivity index (χ0v) is 19.7. The molecule has 0 spiro atoms. The summed E-state index contributed by atoms with van der Waals surface area (Å²) in [5.74, 6) is -0.0186. The SMILES string of the molecule is [2H]C([2H])(O)C([2H])([2H])NC1CCN(c2cc3c(cc2CC)C(=O)c2c([nH]c4cc(C#N)ccc24)C3(C)C)CC1. The topological polar surface area (TPSA) is 92.2 Å². The van der Waals surface area contributed by atoms with E-state index in [0.717, 1.165) is 39.8 Å². The average molecular weight is 461 g/mol. The van der Waals surface area contributed by atoms with Crippen molar-refractivity contribution in [3.05, 3.63) is 63.8 Å². The highest BCUT2D eigenvalue weighted by Gasteiger charge is 2.40. The van der Waals surface area contributed by atoms with Gasteiger partial charge >= 0.3 is 0 Å². The van der Waals surface area contributed by atoms with Gasteiger partial charge in [0.15, 0.2) is 5.78 Å². The van der Waals surface area contributed by atoms with Crippen LogP contribution in [0.4, 0.5) is 5.69 Å². The number of aromatic nitrogens is 1. The highest BCUT2D eigenvalue weighted by molar-refractivity contribution is 6.20. The summed E-state index contributed by atoms with van der Waals surface area (Å²) < 4.78 is 30.4. The van der Waals surface area contributed by atoms with E-state index in [-0.39, 0.29) is 11.8 Å². The number of rotatable bonds is 5. The van der Waals surface area contributed by atoms with Gasteiger partial charge in [0.25, 0.3) is 0 Å². The Bertz CT molecular complexity index is 1470. The Kier molecular flexibility index (Phi) is 4.59. The normalized spacial score (nSPS) is 20.1. The zero-order valence-electron chi connectivity index (χ0n) is 23.7. The van der Waals surface area contributed by atoms with E-state index in [2.05, 4.69) is 48.1 Å². The molecule has 1 aromatic heterocycles. The molecule has 0 unspecified atom stereocenters. The molecule has 5 rings (SSSR count). The molecule has 34 heavy (non-hydrogen) atoms. The van der Waals surface area contributed by atoms with Gasteiger partial charge in [-0.3, -0.25) is 4.79 Å². The average Bonchev–Trinajstić information content (AvgIpc) is 3.26. The van der Waals surface area contributed by atoms with Crippen LogP contribution in [0.1, 0.15) is 77.4 Å². The molecular formula is C28H32N4O2. The third-order valence-electron chi connectivity index (χ3n) is 7.47. The Hall–Kier alpha value is -3.14. The van der Waals surface area contributed by atoms with Crippen LogP contribution in [0.5, 0.6) is 0 Å². The number of carbonyl (C=O) groups excluding carboxylic acids is 1. The molecule has 1 saturated heterocycles. The zero-order chi connectivity index (χ0) is 27.6. The van der Waals surface area contributed by atoms with Gasteiger partial charge in [-0.25, -0.2) is 0 Å². The number of nitriles is 1. The van der Waals surface area contributed by atoms with Gasteiger partial charge in [0.1, 0.15) is 0 Å². The molecule has 176 valence electrons. The Morgan fingerprint density at radius 2 is 2.06 bits per heavy atom. The molecule has 1 aliphatic carbocycles. The highest BCUT2D eigenvalue weighted by atomic mass is 16.3. The van der Waals surface area contributed by atoms with Crippen LogP contribution >= 0.6 is 0 Å². The molecule has 1 aliphatic heterocycles. The van der Waals surface area contributed by atoms with Crippen LogP contribution in [0.2, 0.25) is 0 Å². The third kappa shape index (κ3) is 3.51. The molecular weight excluding hydrogens is 424 g/mol. The predicted molar refractivity (Wildman–Crippen MR) is 135 cm³/mol. The van der Waals surface area contributed by atoms with Crippen molar-refractivity contribution in [1.82, 2.24) is 10.3 Å². The number of benzene rings is 2. The number of nitrogens with one attached hydrogen (secondary N) is 2. The molecule has 0 amide bonds. The molecule has 2 heterocycles. The van der Waals surface area contributed by atoms with E-state index in [4.69, 9.17) is 5.48 Å². The maximum Gasteiger partial charge on any atom is 0.195 e. The third-order valence-corrected chi connectivity index (χ3v) is 7.47. The maximum atomic E-state index is 13.8. The molecule has 1 fully saturated rings. The number of aliphatic hydroxyl groups is 1. The summed E-state index contributed by atoms with van der Waals surface area (Å²) in [5, 5.41) is 22.3. The lowest BCUT2D eigenvalue weighted by Gasteiger charge is -2.38. The summed E-state index contributed by atoms with van der Waals surface area (Å²) in [7, 11) is 0. The van der Waals surface area contributed by atoms with Gasteiger partial charge in [-0.05, 0) is 54.7 Å². The fraction of sp³-hybridized carbons (Fsp3) is 0.429. The highest BCUT2D eigenvalue weighted by Crippen LogP contribution is 2.46. The van der Waals surface area contributed by atoms with Crippen LogP contribution in [-0.2, 0) is 11.8 Å². The van der Waals surface area contributed by atoms with Gasteiger partial charge in [-0.15, -0.1) is 0 Å². The van der Waals surface area contributed by atoms with Crippen molar-refractivity contribution in [2.45, 2.75) is 51.5 Å². The second-order valence-corrected chi connectivity index (χ2v) is 9.72. The molecule has 6 heteroatoms. The number of aryl methyl sites for hydroxylation is 1. The number of fused-ring (bicyclic) bond motifs is 4. The van der Waals surface area contributed by atoms with Crippen molar-refractivity contribution >= 4 is 22.4 Å². The standard InChI is InChI=1S/C28H32N4O2/c1-4-18-14-21-22(15-24(18)32-10-7-19(8-11-32)30-9-12-33)28(2,3)27-25(26(21)34)20-6-5-17(16-29)13-23(20)31-27/h5-6,13-15,19,30-31,33H,4,7-12H2,1-3H3/i9D2,12D2. The number of hydrogen-bond acceptors (Lipinski definition) is 5. The Balaban J connectivity index is 1.49. The second kappa shape index (κ2) is 8.57. The summed E-state index contributed by atoms with van der Waals surface area (Å²) in [5.41, 5.74) is 6.11. The second-order valence-electron chi connectivity index (χ2n) is 9.72. The number of aromatic amines is 1. The molecule has 6 nitrogen and oxygen atoms in total. The fourth-order valence-corrected chi connectivity index (χ4v) is 5.56. The van der Waals surface area contributed by atoms with E-state index in [1.54, 1.807) is 12.1 Å². The van der Waals surface area contributed by atoms with Gasteiger partial charge in [0.05, 0.1) is 26.5 Å². The number of piperidine rings is 1. The number of anilines is 1. The first-order valence-electron chi connectivity index (χ1n) is 13.8. The van der Waals surface area contributed by atoms with Gasteiger partial charge in [0, 0.05) is 61.6 Å². The van der Waals surface area contributed by atoms with E-state index in [0.29, 0.717) is 42.6 Å². The maximum absolute atomic E-state index is 13.8. The quantitative estimate of drug-likeness (QED) is 0.535. The van der Waals surface area contributed by atoms with E-state index < -0.39 is 18.5 Å².